The van der Waals surface area contributed by atoms with Gasteiger partial charge in [-0.25, -0.2) is 0 Å². The maximum absolute atomic E-state index is 5.54. The van der Waals surface area contributed by atoms with Crippen LogP contribution in [-0.2, 0) is 4.74 Å². The molecule has 0 heterocycles. The molecule has 1 fully saturated rings. The van der Waals surface area contributed by atoms with Crippen LogP contribution in [0.5, 0.6) is 0 Å². The summed E-state index contributed by atoms with van der Waals surface area (Å²) < 4.78 is 5.54. The molecule has 17 heavy (non-hydrogen) atoms. The molecular weight excluding hydrogens is 210 g/mol. The predicted molar refractivity (Wildman–Crippen MR) is 74.3 cm³/mol. The molecule has 0 aromatic heterocycles. The van der Waals surface area contributed by atoms with E-state index in [1.54, 1.807) is 0 Å². The highest BCUT2D eigenvalue weighted by molar-refractivity contribution is 4.71. The fraction of sp³-hybridized carbons (Fsp3) is 1.00. The van der Waals surface area contributed by atoms with Crippen LogP contribution in [0, 0.1) is 17.8 Å². The van der Waals surface area contributed by atoms with Crippen molar-refractivity contribution in [2.24, 2.45) is 17.8 Å². The Labute approximate surface area is 108 Å². The Morgan fingerprint density at radius 3 is 2.76 bits per heavy atom. The van der Waals surface area contributed by atoms with E-state index in [0.717, 1.165) is 31.6 Å². The Bertz CT molecular complexity index is 182. The van der Waals surface area contributed by atoms with Gasteiger partial charge in [-0.2, -0.15) is 0 Å². The normalized spacial score (nSPS) is 25.4. The molecule has 0 aromatic rings. The number of ether oxygens (including phenoxy) is 1. The minimum Gasteiger partial charge on any atom is -0.380 e. The first-order valence-corrected chi connectivity index (χ1v) is 7.47. The zero-order valence-corrected chi connectivity index (χ0v) is 12.0. The molecule has 1 aliphatic rings. The van der Waals surface area contributed by atoms with Crippen LogP contribution in [0.2, 0.25) is 0 Å². The Balaban J connectivity index is 1.86. The molecule has 2 unspecified atom stereocenters. The maximum Gasteiger partial charge on any atom is 0.0591 e. The van der Waals surface area contributed by atoms with Crippen LogP contribution < -0.4 is 5.32 Å². The minimum absolute atomic E-state index is 0.652. The van der Waals surface area contributed by atoms with Gasteiger partial charge in [0.1, 0.15) is 0 Å². The van der Waals surface area contributed by atoms with E-state index in [1.807, 2.05) is 0 Å². The zero-order chi connectivity index (χ0) is 12.5. The van der Waals surface area contributed by atoms with Gasteiger partial charge in [0, 0.05) is 13.2 Å². The first kappa shape index (κ1) is 15.0. The Hall–Kier alpha value is -0.0800. The van der Waals surface area contributed by atoms with Gasteiger partial charge in [0.05, 0.1) is 6.61 Å². The monoisotopic (exact) mass is 241 g/mol. The first-order valence-electron chi connectivity index (χ1n) is 7.47. The average molecular weight is 241 g/mol. The zero-order valence-electron chi connectivity index (χ0n) is 12.0. The number of rotatable bonds is 8. The van der Waals surface area contributed by atoms with Crippen LogP contribution in [0.4, 0.5) is 0 Å². The van der Waals surface area contributed by atoms with Crippen LogP contribution in [0.15, 0.2) is 0 Å². The van der Waals surface area contributed by atoms with E-state index in [9.17, 15) is 0 Å². The van der Waals surface area contributed by atoms with Crippen LogP contribution in [0.1, 0.15) is 52.9 Å². The lowest BCUT2D eigenvalue weighted by Gasteiger charge is -2.26. The highest BCUT2D eigenvalue weighted by Gasteiger charge is 2.17. The van der Waals surface area contributed by atoms with Crippen molar-refractivity contribution >= 4 is 0 Å². The molecule has 0 aliphatic heterocycles. The third kappa shape index (κ3) is 7.77. The van der Waals surface area contributed by atoms with E-state index in [0.29, 0.717) is 5.92 Å². The van der Waals surface area contributed by atoms with Gasteiger partial charge < -0.3 is 10.1 Å². The average Bonchev–Trinajstić information content (AvgIpc) is 2.27. The number of hydrogen-bond acceptors (Lipinski definition) is 2. The van der Waals surface area contributed by atoms with Gasteiger partial charge in [0.2, 0.25) is 0 Å². The van der Waals surface area contributed by atoms with E-state index in [4.69, 9.17) is 4.74 Å². The molecule has 2 nitrogen and oxygen atoms in total. The molecule has 0 bridgehead atoms. The molecule has 0 amide bonds. The molecular formula is C15H31NO. The van der Waals surface area contributed by atoms with Crippen molar-refractivity contribution in [3.8, 4) is 0 Å². The summed E-state index contributed by atoms with van der Waals surface area (Å²) in [4.78, 5) is 0. The van der Waals surface area contributed by atoms with Gasteiger partial charge in [0.25, 0.3) is 0 Å². The molecule has 0 saturated heterocycles. The summed E-state index contributed by atoms with van der Waals surface area (Å²) in [6, 6.07) is 0. The summed E-state index contributed by atoms with van der Waals surface area (Å²) in [5.74, 6) is 2.59. The third-order valence-electron chi connectivity index (χ3n) is 3.65. The van der Waals surface area contributed by atoms with Crippen molar-refractivity contribution in [1.82, 2.24) is 5.32 Å². The summed E-state index contributed by atoms with van der Waals surface area (Å²) in [6.07, 6.45) is 7.16. The van der Waals surface area contributed by atoms with Crippen molar-refractivity contribution in [3.05, 3.63) is 0 Å². The number of hydrogen-bond donors (Lipinski definition) is 1. The lowest BCUT2D eigenvalue weighted by atomic mass is 9.81. The van der Waals surface area contributed by atoms with E-state index < -0.39 is 0 Å². The molecule has 2 heteroatoms. The molecule has 2 atom stereocenters. The number of nitrogens with one attached hydrogen (secondary N) is 1. The van der Waals surface area contributed by atoms with Crippen molar-refractivity contribution in [2.45, 2.75) is 52.9 Å². The molecule has 102 valence electrons. The SMILES string of the molecule is CC(C)COCCNCCC1CCCC(C)C1. The quantitative estimate of drug-likeness (QED) is 0.657. The molecule has 1 rings (SSSR count). The standard InChI is InChI=1S/C15H31NO/c1-13(2)12-17-10-9-16-8-7-15-6-4-5-14(3)11-15/h13-16H,4-12H2,1-3H3. The summed E-state index contributed by atoms with van der Waals surface area (Å²) in [6.45, 7) is 10.7. The van der Waals surface area contributed by atoms with Crippen LogP contribution >= 0.6 is 0 Å². The lowest BCUT2D eigenvalue weighted by molar-refractivity contribution is 0.111. The van der Waals surface area contributed by atoms with Crippen molar-refractivity contribution in [3.63, 3.8) is 0 Å². The summed E-state index contributed by atoms with van der Waals surface area (Å²) in [5.41, 5.74) is 0. The van der Waals surface area contributed by atoms with Gasteiger partial charge in [-0.3, -0.25) is 0 Å². The second-order valence-electron chi connectivity index (χ2n) is 6.15. The van der Waals surface area contributed by atoms with Crippen LogP contribution in [0.3, 0.4) is 0 Å². The van der Waals surface area contributed by atoms with E-state index in [-0.39, 0.29) is 0 Å². The highest BCUT2D eigenvalue weighted by Crippen LogP contribution is 2.30. The summed E-state index contributed by atoms with van der Waals surface area (Å²) in [7, 11) is 0. The fourth-order valence-corrected chi connectivity index (χ4v) is 2.72. The maximum atomic E-state index is 5.54. The van der Waals surface area contributed by atoms with Gasteiger partial charge in [-0.15, -0.1) is 0 Å². The highest BCUT2D eigenvalue weighted by atomic mass is 16.5. The topological polar surface area (TPSA) is 21.3 Å². The minimum atomic E-state index is 0.652. The predicted octanol–water partition coefficient (Wildman–Crippen LogP) is 3.47. The van der Waals surface area contributed by atoms with Gasteiger partial charge in [-0.05, 0) is 37.1 Å². The van der Waals surface area contributed by atoms with Gasteiger partial charge in [-0.1, -0.05) is 40.0 Å². The van der Waals surface area contributed by atoms with Crippen LogP contribution in [0.25, 0.3) is 0 Å². The Morgan fingerprint density at radius 1 is 1.24 bits per heavy atom. The van der Waals surface area contributed by atoms with E-state index in [1.165, 1.54) is 38.6 Å². The van der Waals surface area contributed by atoms with Gasteiger partial charge >= 0.3 is 0 Å². The fourth-order valence-electron chi connectivity index (χ4n) is 2.72. The smallest absolute Gasteiger partial charge is 0.0591 e. The first-order chi connectivity index (χ1) is 8.18. The lowest BCUT2D eigenvalue weighted by Crippen LogP contribution is -2.24. The van der Waals surface area contributed by atoms with E-state index >= 15 is 0 Å². The molecule has 0 aromatic carbocycles. The summed E-state index contributed by atoms with van der Waals surface area (Å²) in [5, 5.41) is 3.50. The Kier molecular flexibility index (Phi) is 7.87. The third-order valence-corrected chi connectivity index (χ3v) is 3.65. The van der Waals surface area contributed by atoms with Crippen molar-refractivity contribution in [2.75, 3.05) is 26.3 Å². The Morgan fingerprint density at radius 2 is 2.06 bits per heavy atom. The molecule has 1 saturated carbocycles. The molecule has 1 N–H and O–H groups in total. The van der Waals surface area contributed by atoms with Crippen LogP contribution in [-0.4, -0.2) is 26.3 Å². The van der Waals surface area contributed by atoms with Crippen molar-refractivity contribution < 1.29 is 4.74 Å². The summed E-state index contributed by atoms with van der Waals surface area (Å²) >= 11 is 0. The van der Waals surface area contributed by atoms with Crippen molar-refractivity contribution in [1.29, 1.82) is 0 Å². The molecule has 1 aliphatic carbocycles. The second-order valence-corrected chi connectivity index (χ2v) is 6.15. The molecule has 0 radical (unpaired) electrons. The largest absolute Gasteiger partial charge is 0.380 e. The van der Waals surface area contributed by atoms with Gasteiger partial charge in [0.15, 0.2) is 0 Å². The van der Waals surface area contributed by atoms with E-state index in [2.05, 4.69) is 26.1 Å². The molecule has 0 spiro atoms. The second kappa shape index (κ2) is 8.93.